The van der Waals surface area contributed by atoms with Crippen molar-refractivity contribution in [1.29, 1.82) is 0 Å². The molecule has 70 heavy (non-hydrogen) atoms. The summed E-state index contributed by atoms with van der Waals surface area (Å²) in [6.45, 7) is -4.58. The first kappa shape index (κ1) is 67.0. The molecule has 44 heteroatoms. The number of halogens is 42. The predicted molar refractivity (Wildman–Crippen MR) is 133 cm³/mol. The Labute approximate surface area is 353 Å². The van der Waals surface area contributed by atoms with Crippen molar-refractivity contribution in [3.05, 3.63) is 0 Å². The Kier molecular flexibility index (Phi) is 16.8. The monoisotopic (exact) mass is 1150 g/mol. The van der Waals surface area contributed by atoms with Gasteiger partial charge in [0.05, 0.1) is 0 Å². The van der Waals surface area contributed by atoms with Gasteiger partial charge in [0.25, 0.3) is 0 Å². The normalized spacial score (nSPS) is 17.0. The molecule has 0 aromatic rings. The van der Waals surface area contributed by atoms with E-state index in [1.54, 1.807) is 0 Å². The largest absolute Gasteiger partial charge is 0.460 e. The van der Waals surface area contributed by atoms with E-state index in [2.05, 4.69) is 0 Å². The third-order valence-corrected chi connectivity index (χ3v) is 8.97. The standard InChI is InChI=1S/C26H13F42NO/c27-7(28,9(31,32)11(35,36)13(39,40)15(43,44)17(47,48)19(51,52)21(55,56)23(59,60)25(63,64)65)3-1-5-69(70)6-2-4-8(29,30)10(33,34)12(37,38)14(41,42)16(45,46)18(49,50)20(53,54)22(57,58)24(61,62)26(66,67)68/h70H,1-6H2. The fraction of sp³-hybridized carbons (Fsp3) is 1.00. The van der Waals surface area contributed by atoms with Gasteiger partial charge in [0.15, 0.2) is 0 Å². The van der Waals surface area contributed by atoms with Crippen LogP contribution in [0.5, 0.6) is 0 Å². The highest BCUT2D eigenvalue weighted by Crippen LogP contribution is 2.69. The summed E-state index contributed by atoms with van der Waals surface area (Å²) in [7, 11) is 0. The lowest BCUT2D eigenvalue weighted by molar-refractivity contribution is -0.474. The maximum atomic E-state index is 14.0. The van der Waals surface area contributed by atoms with E-state index in [9.17, 15) is 190 Å². The van der Waals surface area contributed by atoms with Crippen molar-refractivity contribution >= 4 is 0 Å². The zero-order chi connectivity index (χ0) is 57.8. The molecule has 0 aliphatic carbocycles. The summed E-state index contributed by atoms with van der Waals surface area (Å²) in [5.41, 5.74) is 0. The zero-order valence-corrected chi connectivity index (χ0v) is 31.0. The average molecular weight is 1150 g/mol. The second-order valence-electron chi connectivity index (χ2n) is 13.8. The summed E-state index contributed by atoms with van der Waals surface area (Å²) in [6.07, 6.45) is -28.6. The molecule has 0 bridgehead atoms. The minimum Gasteiger partial charge on any atom is -0.314 e. The van der Waals surface area contributed by atoms with E-state index < -0.39 is 163 Å². The molecule has 0 fully saturated rings. The van der Waals surface area contributed by atoms with Gasteiger partial charge in [-0.1, -0.05) is 0 Å². The van der Waals surface area contributed by atoms with Crippen LogP contribution in [0.4, 0.5) is 184 Å². The van der Waals surface area contributed by atoms with E-state index in [1.807, 2.05) is 0 Å². The first-order chi connectivity index (χ1) is 29.6. The molecule has 422 valence electrons. The second-order valence-corrected chi connectivity index (χ2v) is 13.8. The van der Waals surface area contributed by atoms with E-state index in [0.717, 1.165) is 0 Å². The Hall–Kier alpha value is -3.02. The van der Waals surface area contributed by atoms with Crippen molar-refractivity contribution in [2.45, 2.75) is 145 Å². The minimum atomic E-state index is -9.57. The van der Waals surface area contributed by atoms with Gasteiger partial charge in [-0.2, -0.15) is 189 Å². The average Bonchev–Trinajstić information content (AvgIpc) is 3.12. The number of alkyl halides is 42. The number of hydrogen-bond donors (Lipinski definition) is 1. The fourth-order valence-corrected chi connectivity index (χ4v) is 4.57. The quantitative estimate of drug-likeness (QED) is 0.0769. The van der Waals surface area contributed by atoms with Crippen molar-refractivity contribution in [2.24, 2.45) is 0 Å². The van der Waals surface area contributed by atoms with Gasteiger partial charge in [0, 0.05) is 25.9 Å². The van der Waals surface area contributed by atoms with Crippen LogP contribution in [0.1, 0.15) is 25.7 Å². The SMILES string of the molecule is ON(CCCC(F)(F)C(F)(F)C(F)(F)C(F)(F)C(F)(F)C(F)(F)C(F)(F)C(F)(F)C(F)(F)C(F)(F)F)CCCC(F)(F)C(F)(F)C(F)(F)C(F)(F)C(F)(F)C(F)(F)C(F)(F)C(F)(F)C(F)(F)C(F)(F)F. The molecule has 0 heterocycles. The third-order valence-electron chi connectivity index (χ3n) is 8.97. The third kappa shape index (κ3) is 8.89. The molecule has 0 rings (SSSR count). The molecular formula is C26H13F42NO. The Morgan fingerprint density at radius 3 is 0.471 bits per heavy atom. The van der Waals surface area contributed by atoms with Crippen LogP contribution in [0.15, 0.2) is 0 Å². The first-order valence-corrected chi connectivity index (χ1v) is 16.0. The van der Waals surface area contributed by atoms with Crippen LogP contribution in [0.2, 0.25) is 0 Å². The van der Waals surface area contributed by atoms with Crippen molar-refractivity contribution in [2.75, 3.05) is 13.1 Å². The molecule has 0 aromatic heterocycles. The van der Waals surface area contributed by atoms with Gasteiger partial charge >= 0.3 is 119 Å². The van der Waals surface area contributed by atoms with E-state index >= 15 is 0 Å². The molecule has 0 aliphatic heterocycles. The molecule has 0 saturated heterocycles. The van der Waals surface area contributed by atoms with Crippen molar-refractivity contribution < 1.29 is 190 Å². The topological polar surface area (TPSA) is 23.5 Å². The molecule has 0 aliphatic rings. The van der Waals surface area contributed by atoms with Gasteiger partial charge in [-0.3, -0.25) is 0 Å². The van der Waals surface area contributed by atoms with Crippen LogP contribution in [-0.4, -0.2) is 142 Å². The Bertz CT molecular complexity index is 1670. The lowest BCUT2D eigenvalue weighted by Crippen LogP contribution is -2.76. The maximum Gasteiger partial charge on any atom is 0.460 e. The number of rotatable bonds is 24. The van der Waals surface area contributed by atoms with E-state index in [1.165, 1.54) is 0 Å². The summed E-state index contributed by atoms with van der Waals surface area (Å²) in [6, 6.07) is 0. The van der Waals surface area contributed by atoms with E-state index in [4.69, 9.17) is 0 Å². The Morgan fingerprint density at radius 2 is 0.329 bits per heavy atom. The van der Waals surface area contributed by atoms with Crippen molar-refractivity contribution in [3.63, 3.8) is 0 Å². The van der Waals surface area contributed by atoms with Crippen molar-refractivity contribution in [1.82, 2.24) is 5.06 Å². The molecule has 0 amide bonds. The molecule has 0 unspecified atom stereocenters. The molecule has 0 spiro atoms. The van der Waals surface area contributed by atoms with Gasteiger partial charge in [-0.05, 0) is 12.8 Å². The minimum absolute atomic E-state index is 1.21. The smallest absolute Gasteiger partial charge is 0.314 e. The van der Waals surface area contributed by atoms with Gasteiger partial charge in [0.1, 0.15) is 0 Å². The molecule has 0 aromatic carbocycles. The first-order valence-electron chi connectivity index (χ1n) is 16.0. The molecule has 2 nitrogen and oxygen atoms in total. The van der Waals surface area contributed by atoms with Crippen LogP contribution in [-0.2, 0) is 0 Å². The summed E-state index contributed by atoms with van der Waals surface area (Å²) in [4.78, 5) is 0. The molecule has 0 atom stereocenters. The highest BCUT2D eigenvalue weighted by molar-refractivity contribution is 5.19. The fourth-order valence-electron chi connectivity index (χ4n) is 4.57. The summed E-state index contributed by atoms with van der Waals surface area (Å²) in [5.74, 6) is -162. The van der Waals surface area contributed by atoms with Crippen LogP contribution in [0.25, 0.3) is 0 Å². The maximum absolute atomic E-state index is 14.0. The van der Waals surface area contributed by atoms with Gasteiger partial charge in [-0.25, -0.2) is 0 Å². The zero-order valence-electron chi connectivity index (χ0n) is 31.0. The molecule has 1 N–H and O–H groups in total. The second kappa shape index (κ2) is 17.6. The Balaban J connectivity index is 6.49. The molecule has 0 saturated carbocycles. The van der Waals surface area contributed by atoms with Gasteiger partial charge in [-0.15, -0.1) is 0 Å². The Morgan fingerprint density at radius 1 is 0.200 bits per heavy atom. The summed E-state index contributed by atoms with van der Waals surface area (Å²) in [5, 5.41) is 8.07. The lowest BCUT2D eigenvalue weighted by atomic mass is 9.85. The summed E-state index contributed by atoms with van der Waals surface area (Å²) >= 11 is 0. The van der Waals surface area contributed by atoms with Gasteiger partial charge in [0.2, 0.25) is 0 Å². The van der Waals surface area contributed by atoms with Crippen LogP contribution < -0.4 is 0 Å². The van der Waals surface area contributed by atoms with Crippen LogP contribution in [0, 0.1) is 0 Å². The van der Waals surface area contributed by atoms with Gasteiger partial charge < -0.3 is 5.21 Å². The summed E-state index contributed by atoms with van der Waals surface area (Å²) < 4.78 is 565. The highest BCUT2D eigenvalue weighted by Gasteiger charge is 3.00. The predicted octanol–water partition coefficient (Wildman–Crippen LogP) is 14.8. The van der Waals surface area contributed by atoms with E-state index in [0.29, 0.717) is 0 Å². The molecular weight excluding hydrogens is 1140 g/mol. The number of nitrogens with zero attached hydrogens (tertiary/aromatic N) is 1. The molecule has 0 radical (unpaired) electrons. The number of hydrogen-bond acceptors (Lipinski definition) is 2. The van der Waals surface area contributed by atoms with E-state index in [-0.39, 0.29) is 0 Å². The van der Waals surface area contributed by atoms with Crippen LogP contribution in [0.3, 0.4) is 0 Å². The van der Waals surface area contributed by atoms with Crippen molar-refractivity contribution in [3.8, 4) is 0 Å². The lowest BCUT2D eigenvalue weighted by Gasteiger charge is -2.44. The van der Waals surface area contributed by atoms with Crippen LogP contribution >= 0.6 is 0 Å². The highest BCUT2D eigenvalue weighted by atomic mass is 19.5. The number of hydroxylamine groups is 2.